The molecule has 0 spiro atoms. The molecule has 0 fully saturated rings. The van der Waals surface area contributed by atoms with Crippen molar-refractivity contribution in [3.63, 3.8) is 0 Å². The zero-order valence-electron chi connectivity index (χ0n) is 12.6. The smallest absolute Gasteiger partial charge is 0.164 e. The lowest BCUT2D eigenvalue weighted by molar-refractivity contribution is 0.129. The topological polar surface area (TPSA) is 47.0 Å². The Kier molecular flexibility index (Phi) is 5.70. The Morgan fingerprint density at radius 2 is 1.90 bits per heavy atom. The predicted molar refractivity (Wildman–Crippen MR) is 88.6 cm³/mol. The quantitative estimate of drug-likeness (QED) is 0.856. The maximum Gasteiger partial charge on any atom is 0.164 e. The molecule has 1 N–H and O–H groups in total. The first-order valence-electron chi connectivity index (χ1n) is 7.09. The van der Waals surface area contributed by atoms with E-state index < -0.39 is 0 Å². The number of methoxy groups -OCH3 is 1. The summed E-state index contributed by atoms with van der Waals surface area (Å²) in [6.07, 6.45) is 0.571. The van der Waals surface area contributed by atoms with Crippen LogP contribution in [-0.2, 0) is 11.2 Å². The van der Waals surface area contributed by atoms with Crippen molar-refractivity contribution >= 4 is 21.7 Å². The van der Waals surface area contributed by atoms with E-state index in [9.17, 15) is 0 Å². The number of rotatable bonds is 6. The van der Waals surface area contributed by atoms with Crippen LogP contribution in [0.4, 0.5) is 5.82 Å². The van der Waals surface area contributed by atoms with Crippen LogP contribution in [0.5, 0.6) is 0 Å². The molecule has 0 saturated carbocycles. The lowest BCUT2D eigenvalue weighted by Crippen LogP contribution is -2.13. The van der Waals surface area contributed by atoms with E-state index in [0.717, 1.165) is 34.5 Å². The fraction of sp³-hybridized carbons (Fsp3) is 0.375. The summed E-state index contributed by atoms with van der Waals surface area (Å²) in [6, 6.07) is 10.0. The number of nitrogens with zero attached hydrogens (tertiary/aromatic N) is 2. The van der Waals surface area contributed by atoms with Gasteiger partial charge in [0.15, 0.2) is 5.82 Å². The van der Waals surface area contributed by atoms with Gasteiger partial charge in [-0.15, -0.1) is 0 Å². The molecule has 1 heterocycles. The Hall–Kier alpha value is -1.46. The van der Waals surface area contributed by atoms with Gasteiger partial charge in [-0.3, -0.25) is 0 Å². The third-order valence-electron chi connectivity index (χ3n) is 3.19. The van der Waals surface area contributed by atoms with Crippen molar-refractivity contribution in [2.75, 3.05) is 19.0 Å². The molecule has 5 heteroatoms. The van der Waals surface area contributed by atoms with E-state index in [2.05, 4.69) is 38.1 Å². The highest BCUT2D eigenvalue weighted by atomic mass is 79.9. The van der Waals surface area contributed by atoms with Crippen LogP contribution >= 0.6 is 15.9 Å². The summed E-state index contributed by atoms with van der Waals surface area (Å²) in [5, 5.41) is 3.27. The summed E-state index contributed by atoms with van der Waals surface area (Å²) in [5.41, 5.74) is 2.03. The molecule has 1 aromatic heterocycles. The van der Waals surface area contributed by atoms with Crippen molar-refractivity contribution in [2.24, 2.45) is 0 Å². The first-order valence-corrected chi connectivity index (χ1v) is 7.88. The van der Waals surface area contributed by atoms with E-state index in [1.165, 1.54) is 0 Å². The average Bonchev–Trinajstić information content (AvgIpc) is 2.52. The molecule has 1 aromatic carbocycles. The zero-order valence-corrected chi connectivity index (χ0v) is 14.1. The summed E-state index contributed by atoms with van der Waals surface area (Å²) >= 11 is 3.58. The molecule has 0 radical (unpaired) electrons. The van der Waals surface area contributed by atoms with E-state index in [1.807, 2.05) is 37.3 Å². The first-order chi connectivity index (χ1) is 10.2. The normalized spacial score (nSPS) is 12.2. The minimum Gasteiger partial charge on any atom is -0.369 e. The molecule has 1 atom stereocenters. The summed E-state index contributed by atoms with van der Waals surface area (Å²) in [6.45, 7) is 4.93. The lowest BCUT2D eigenvalue weighted by atomic mass is 10.1. The fourth-order valence-corrected chi connectivity index (χ4v) is 2.77. The molecule has 0 saturated heterocycles. The standard InChI is InChI=1S/C16H20BrN3O/c1-4-12-13(17)15(18-5-2)20-16(19-12)14(21-3)11-9-7-6-8-10-11/h6-10,14H,4-5H2,1-3H3,(H,18,19,20). The van der Waals surface area contributed by atoms with Gasteiger partial charge in [0.1, 0.15) is 11.9 Å². The summed E-state index contributed by atoms with van der Waals surface area (Å²) in [5.74, 6) is 1.50. The second-order valence-electron chi connectivity index (χ2n) is 4.60. The van der Waals surface area contributed by atoms with Crippen LogP contribution in [0.3, 0.4) is 0 Å². The van der Waals surface area contributed by atoms with Crippen molar-refractivity contribution in [1.82, 2.24) is 9.97 Å². The maximum atomic E-state index is 5.63. The molecular weight excluding hydrogens is 330 g/mol. The predicted octanol–water partition coefficient (Wildman–Crippen LogP) is 3.97. The molecule has 1 unspecified atom stereocenters. The third-order valence-corrected chi connectivity index (χ3v) is 4.02. The minimum absolute atomic E-state index is 0.262. The molecular formula is C16H20BrN3O. The highest BCUT2D eigenvalue weighted by Gasteiger charge is 2.20. The molecule has 0 amide bonds. The van der Waals surface area contributed by atoms with Gasteiger partial charge in [-0.05, 0) is 34.8 Å². The van der Waals surface area contributed by atoms with Gasteiger partial charge in [-0.25, -0.2) is 9.97 Å². The van der Waals surface area contributed by atoms with Crippen molar-refractivity contribution < 1.29 is 4.74 Å². The Morgan fingerprint density at radius 1 is 1.19 bits per heavy atom. The molecule has 0 aliphatic heterocycles. The zero-order chi connectivity index (χ0) is 15.2. The van der Waals surface area contributed by atoms with Gasteiger partial charge >= 0.3 is 0 Å². The first kappa shape index (κ1) is 15.9. The second-order valence-corrected chi connectivity index (χ2v) is 5.39. The van der Waals surface area contributed by atoms with E-state index in [1.54, 1.807) is 7.11 Å². The second kappa shape index (κ2) is 7.52. The van der Waals surface area contributed by atoms with Gasteiger partial charge in [0.25, 0.3) is 0 Å². The Morgan fingerprint density at radius 3 is 2.48 bits per heavy atom. The van der Waals surface area contributed by atoms with Crippen LogP contribution < -0.4 is 5.32 Å². The Labute approximate surface area is 134 Å². The van der Waals surface area contributed by atoms with Gasteiger partial charge < -0.3 is 10.1 Å². The summed E-state index contributed by atoms with van der Waals surface area (Å²) in [7, 11) is 1.68. The third kappa shape index (κ3) is 3.60. The highest BCUT2D eigenvalue weighted by molar-refractivity contribution is 9.10. The van der Waals surface area contributed by atoms with Crippen LogP contribution in [-0.4, -0.2) is 23.6 Å². The fourth-order valence-electron chi connectivity index (χ4n) is 2.17. The number of aromatic nitrogens is 2. The van der Waals surface area contributed by atoms with E-state index in [0.29, 0.717) is 5.82 Å². The van der Waals surface area contributed by atoms with Crippen molar-refractivity contribution in [1.29, 1.82) is 0 Å². The lowest BCUT2D eigenvalue weighted by Gasteiger charge is -2.18. The van der Waals surface area contributed by atoms with Crippen LogP contribution in [0.15, 0.2) is 34.8 Å². The van der Waals surface area contributed by atoms with Crippen molar-refractivity contribution in [3.05, 3.63) is 51.9 Å². The molecule has 2 rings (SSSR count). The van der Waals surface area contributed by atoms with Gasteiger partial charge in [0.05, 0.1) is 10.2 Å². The molecule has 4 nitrogen and oxygen atoms in total. The SMILES string of the molecule is CCNc1nc(C(OC)c2ccccc2)nc(CC)c1Br. The van der Waals surface area contributed by atoms with Gasteiger partial charge in [0.2, 0.25) is 0 Å². The van der Waals surface area contributed by atoms with Gasteiger partial charge in [-0.1, -0.05) is 37.3 Å². The Balaban J connectivity index is 2.48. The molecule has 0 aliphatic carbocycles. The molecule has 21 heavy (non-hydrogen) atoms. The number of hydrogen-bond donors (Lipinski definition) is 1. The van der Waals surface area contributed by atoms with Crippen molar-refractivity contribution in [3.8, 4) is 0 Å². The number of nitrogens with one attached hydrogen (secondary N) is 1. The molecule has 0 bridgehead atoms. The van der Waals surface area contributed by atoms with Crippen molar-refractivity contribution in [2.45, 2.75) is 26.4 Å². The molecule has 0 aliphatic rings. The van der Waals surface area contributed by atoms with Crippen LogP contribution in [0.25, 0.3) is 0 Å². The van der Waals surface area contributed by atoms with Crippen LogP contribution in [0.2, 0.25) is 0 Å². The number of benzene rings is 1. The van der Waals surface area contributed by atoms with E-state index in [-0.39, 0.29) is 6.10 Å². The summed E-state index contributed by atoms with van der Waals surface area (Å²) < 4.78 is 6.56. The minimum atomic E-state index is -0.262. The van der Waals surface area contributed by atoms with Gasteiger partial charge in [0, 0.05) is 13.7 Å². The van der Waals surface area contributed by atoms with Gasteiger partial charge in [-0.2, -0.15) is 0 Å². The van der Waals surface area contributed by atoms with E-state index >= 15 is 0 Å². The monoisotopic (exact) mass is 349 g/mol. The van der Waals surface area contributed by atoms with Crippen LogP contribution in [0, 0.1) is 0 Å². The number of anilines is 1. The van der Waals surface area contributed by atoms with Crippen LogP contribution in [0.1, 0.15) is 37.0 Å². The number of hydrogen-bond acceptors (Lipinski definition) is 4. The highest BCUT2D eigenvalue weighted by Crippen LogP contribution is 2.29. The number of ether oxygens (including phenoxy) is 1. The molecule has 112 valence electrons. The summed E-state index contributed by atoms with van der Waals surface area (Å²) in [4.78, 5) is 9.28. The molecule has 2 aromatic rings. The van der Waals surface area contributed by atoms with E-state index in [4.69, 9.17) is 4.74 Å². The largest absolute Gasteiger partial charge is 0.369 e. The average molecular weight is 350 g/mol. The Bertz CT molecular complexity index is 590. The maximum absolute atomic E-state index is 5.63. The number of aryl methyl sites for hydroxylation is 1. The number of halogens is 1.